The third-order valence-electron chi connectivity index (χ3n) is 7.56. The molecule has 0 saturated carbocycles. The van der Waals surface area contributed by atoms with Crippen molar-refractivity contribution in [1.29, 1.82) is 0 Å². The van der Waals surface area contributed by atoms with Gasteiger partial charge in [0.1, 0.15) is 0 Å². The van der Waals surface area contributed by atoms with Gasteiger partial charge in [0, 0.05) is 27.4 Å². The number of benzene rings is 5. The van der Waals surface area contributed by atoms with Crippen molar-refractivity contribution < 1.29 is 0 Å². The normalized spacial score (nSPS) is 11.3. The molecule has 0 fully saturated rings. The zero-order chi connectivity index (χ0) is 26.3. The number of para-hydroxylation sites is 2. The second-order valence-corrected chi connectivity index (χ2v) is 10.3. The third kappa shape index (κ3) is 4.30. The van der Waals surface area contributed by atoms with Crippen molar-refractivity contribution in [2.75, 3.05) is 0 Å². The zero-order valence-electron chi connectivity index (χ0n) is 22.1. The molecule has 2 aromatic heterocycles. The van der Waals surface area contributed by atoms with Gasteiger partial charge in [0.2, 0.25) is 0 Å². The zero-order valence-corrected chi connectivity index (χ0v) is 22.1. The summed E-state index contributed by atoms with van der Waals surface area (Å²) in [5.74, 6) is 0. The van der Waals surface area contributed by atoms with E-state index in [1.807, 2.05) is 0 Å². The Labute approximate surface area is 228 Å². The molecule has 5 aromatic carbocycles. The number of hydrogen-bond donors (Lipinski definition) is 1. The molecule has 7 rings (SSSR count). The minimum atomic E-state index is 0.960. The molecule has 0 aliphatic heterocycles. The summed E-state index contributed by atoms with van der Waals surface area (Å²) in [5, 5.41) is 2.46. The third-order valence-corrected chi connectivity index (χ3v) is 7.56. The van der Waals surface area contributed by atoms with E-state index in [1.165, 1.54) is 44.2 Å². The molecular weight excluding hydrogens is 472 g/mol. The second kappa shape index (κ2) is 9.41. The molecule has 0 aliphatic rings. The highest BCUT2D eigenvalue weighted by molar-refractivity contribution is 6.11. The summed E-state index contributed by atoms with van der Waals surface area (Å²) in [7, 11) is 0. The number of aromatic amines is 1. The van der Waals surface area contributed by atoms with Crippen LogP contribution in [-0.4, -0.2) is 9.97 Å². The minimum Gasteiger partial charge on any atom is -0.354 e. The first kappa shape index (κ1) is 23.2. The molecule has 1 N–H and O–H groups in total. The van der Waals surface area contributed by atoms with Gasteiger partial charge in [-0.3, -0.25) is 0 Å². The molecule has 0 bridgehead atoms. The van der Waals surface area contributed by atoms with Gasteiger partial charge in [-0.25, -0.2) is 4.98 Å². The lowest BCUT2D eigenvalue weighted by atomic mass is 9.94. The maximum atomic E-state index is 5.21. The molecule has 39 heavy (non-hydrogen) atoms. The molecular formula is C37H28N2. The Morgan fingerprint density at radius 3 is 1.72 bits per heavy atom. The highest BCUT2D eigenvalue weighted by atomic mass is 14.7. The van der Waals surface area contributed by atoms with Crippen molar-refractivity contribution in [2.45, 2.75) is 13.8 Å². The number of fused-ring (bicyclic) bond motifs is 3. The fraction of sp³-hybridized carbons (Fsp3) is 0.0541. The summed E-state index contributed by atoms with van der Waals surface area (Å²) in [5.41, 5.74) is 13.7. The molecule has 0 saturated heterocycles. The van der Waals surface area contributed by atoms with Crippen LogP contribution in [0.15, 0.2) is 127 Å². The number of nitrogens with zero attached hydrogens (tertiary/aromatic N) is 1. The predicted molar refractivity (Wildman–Crippen MR) is 165 cm³/mol. The summed E-state index contributed by atoms with van der Waals surface area (Å²) in [6.45, 7) is 4.25. The van der Waals surface area contributed by atoms with Crippen molar-refractivity contribution in [3.8, 4) is 44.8 Å². The van der Waals surface area contributed by atoms with E-state index in [1.54, 1.807) is 0 Å². The van der Waals surface area contributed by atoms with Gasteiger partial charge in [0.15, 0.2) is 0 Å². The van der Waals surface area contributed by atoms with Crippen LogP contribution >= 0.6 is 0 Å². The van der Waals surface area contributed by atoms with Gasteiger partial charge in [-0.1, -0.05) is 102 Å². The molecule has 7 aromatic rings. The van der Waals surface area contributed by atoms with E-state index >= 15 is 0 Å². The molecule has 0 atom stereocenters. The second-order valence-electron chi connectivity index (χ2n) is 10.3. The van der Waals surface area contributed by atoms with Crippen LogP contribution in [0.25, 0.3) is 66.6 Å². The van der Waals surface area contributed by atoms with Gasteiger partial charge in [0.05, 0.1) is 16.9 Å². The Morgan fingerprint density at radius 2 is 1.03 bits per heavy atom. The van der Waals surface area contributed by atoms with Gasteiger partial charge < -0.3 is 4.98 Å². The molecule has 0 aliphatic carbocycles. The summed E-state index contributed by atoms with van der Waals surface area (Å²) < 4.78 is 0. The Morgan fingerprint density at radius 1 is 0.462 bits per heavy atom. The maximum absolute atomic E-state index is 5.21. The van der Waals surface area contributed by atoms with E-state index in [2.05, 4.69) is 146 Å². The first-order valence-corrected chi connectivity index (χ1v) is 13.4. The van der Waals surface area contributed by atoms with Crippen molar-refractivity contribution in [1.82, 2.24) is 9.97 Å². The lowest BCUT2D eigenvalue weighted by molar-refractivity contribution is 1.32. The van der Waals surface area contributed by atoms with E-state index in [0.717, 1.165) is 33.5 Å². The van der Waals surface area contributed by atoms with E-state index in [9.17, 15) is 0 Å². The Balaban J connectivity index is 1.39. The number of aryl methyl sites for hydroxylation is 2. The van der Waals surface area contributed by atoms with E-state index in [4.69, 9.17) is 4.98 Å². The largest absolute Gasteiger partial charge is 0.354 e. The summed E-state index contributed by atoms with van der Waals surface area (Å²) >= 11 is 0. The lowest BCUT2D eigenvalue weighted by Gasteiger charge is -2.12. The lowest BCUT2D eigenvalue weighted by Crippen LogP contribution is -1.91. The SMILES string of the molecule is Cc1ccc(-c2cc(-c3ccc(C)cc3)cc(-c3cccc(-c4cccc5c4[nH]c4ccccc45)n3)c2)cc1. The van der Waals surface area contributed by atoms with Gasteiger partial charge in [-0.2, -0.15) is 0 Å². The Bertz CT molecular complexity index is 1900. The molecule has 2 heterocycles. The van der Waals surface area contributed by atoms with Gasteiger partial charge in [-0.15, -0.1) is 0 Å². The van der Waals surface area contributed by atoms with Crippen LogP contribution in [0.2, 0.25) is 0 Å². The number of aromatic nitrogens is 2. The minimum absolute atomic E-state index is 0.960. The van der Waals surface area contributed by atoms with Crippen LogP contribution < -0.4 is 0 Å². The number of pyridine rings is 1. The van der Waals surface area contributed by atoms with Crippen LogP contribution in [0.1, 0.15) is 11.1 Å². The number of nitrogens with one attached hydrogen (secondary N) is 1. The van der Waals surface area contributed by atoms with Crippen molar-refractivity contribution in [2.24, 2.45) is 0 Å². The quantitative estimate of drug-likeness (QED) is 0.256. The Hall–Kier alpha value is -4.95. The highest BCUT2D eigenvalue weighted by Crippen LogP contribution is 2.35. The van der Waals surface area contributed by atoms with Crippen LogP contribution in [0.3, 0.4) is 0 Å². The maximum Gasteiger partial charge on any atom is 0.0730 e. The predicted octanol–water partition coefficient (Wildman–Crippen LogP) is 10.0. The fourth-order valence-corrected chi connectivity index (χ4v) is 5.43. The molecule has 186 valence electrons. The summed E-state index contributed by atoms with van der Waals surface area (Å²) in [6.07, 6.45) is 0. The van der Waals surface area contributed by atoms with Gasteiger partial charge in [-0.05, 0) is 72.5 Å². The number of rotatable bonds is 4. The van der Waals surface area contributed by atoms with Crippen molar-refractivity contribution >= 4 is 21.8 Å². The molecule has 2 heteroatoms. The van der Waals surface area contributed by atoms with Crippen LogP contribution in [0.5, 0.6) is 0 Å². The molecule has 0 spiro atoms. The summed E-state index contributed by atoms with van der Waals surface area (Å²) in [4.78, 5) is 8.85. The first-order valence-electron chi connectivity index (χ1n) is 13.4. The highest BCUT2D eigenvalue weighted by Gasteiger charge is 2.13. The number of H-pyrrole nitrogens is 1. The monoisotopic (exact) mass is 500 g/mol. The Kier molecular flexibility index (Phi) is 5.60. The standard InChI is InChI=1S/C37H28N2/c1-24-13-17-26(18-14-24)28-21-29(27-19-15-25(2)16-20-27)23-30(22-28)34-11-6-12-36(38-34)33-9-5-8-32-31-7-3-4-10-35(31)39-37(32)33/h3-23,39H,1-2H3. The average Bonchev–Trinajstić information content (AvgIpc) is 3.37. The van der Waals surface area contributed by atoms with Crippen molar-refractivity contribution in [3.05, 3.63) is 139 Å². The van der Waals surface area contributed by atoms with Gasteiger partial charge in [0.25, 0.3) is 0 Å². The molecule has 0 amide bonds. The number of hydrogen-bond acceptors (Lipinski definition) is 1. The average molecular weight is 501 g/mol. The first-order chi connectivity index (χ1) is 19.1. The molecule has 0 unspecified atom stereocenters. The van der Waals surface area contributed by atoms with E-state index < -0.39 is 0 Å². The van der Waals surface area contributed by atoms with Crippen molar-refractivity contribution in [3.63, 3.8) is 0 Å². The van der Waals surface area contributed by atoms with Crippen LogP contribution in [0.4, 0.5) is 0 Å². The fourth-order valence-electron chi connectivity index (χ4n) is 5.43. The van der Waals surface area contributed by atoms with E-state index in [-0.39, 0.29) is 0 Å². The van der Waals surface area contributed by atoms with Gasteiger partial charge >= 0.3 is 0 Å². The van der Waals surface area contributed by atoms with Crippen LogP contribution in [0, 0.1) is 13.8 Å². The van der Waals surface area contributed by atoms with E-state index in [0.29, 0.717) is 0 Å². The topological polar surface area (TPSA) is 28.7 Å². The molecule has 2 nitrogen and oxygen atoms in total. The smallest absolute Gasteiger partial charge is 0.0730 e. The summed E-state index contributed by atoms with van der Waals surface area (Å²) in [6, 6.07) is 45.6. The molecule has 0 radical (unpaired) electrons. The van der Waals surface area contributed by atoms with Crippen LogP contribution in [-0.2, 0) is 0 Å².